The Balaban J connectivity index is 1.72. The number of hydrogen-bond donors (Lipinski definition) is 0. The van der Waals surface area contributed by atoms with Crippen molar-refractivity contribution >= 4 is 22.4 Å². The second kappa shape index (κ2) is 7.14. The summed E-state index contributed by atoms with van der Waals surface area (Å²) in [6.45, 7) is 0.997. The molecule has 0 bridgehead atoms. The summed E-state index contributed by atoms with van der Waals surface area (Å²) < 4.78 is 28.4. The van der Waals surface area contributed by atoms with E-state index in [2.05, 4.69) is 9.97 Å². The third-order valence-electron chi connectivity index (χ3n) is 3.21. The quantitative estimate of drug-likeness (QED) is 0.821. The molecule has 122 valence electrons. The van der Waals surface area contributed by atoms with Gasteiger partial charge in [-0.1, -0.05) is 11.6 Å². The van der Waals surface area contributed by atoms with Crippen LogP contribution in [-0.4, -0.2) is 34.5 Å². The maximum Gasteiger partial charge on any atom is 0.216 e. The zero-order chi connectivity index (χ0) is 16.2. The fourth-order valence-electron chi connectivity index (χ4n) is 2.15. The number of benzene rings is 1. The first-order chi connectivity index (χ1) is 11.2. The molecule has 8 heteroatoms. The molecule has 1 aliphatic heterocycles. The Morgan fingerprint density at radius 3 is 2.74 bits per heavy atom. The van der Waals surface area contributed by atoms with Gasteiger partial charge in [0.2, 0.25) is 5.88 Å². The molecule has 1 atom stereocenters. The molecule has 1 unspecified atom stereocenters. The number of aromatic nitrogens is 2. The molecule has 0 radical (unpaired) electrons. The second-order valence-electron chi connectivity index (χ2n) is 4.83. The standard InChI is InChI=1S/C15H15ClN2O4S/c1-20-15-2-3-17-14(18-15)9-23(19)8-10-6-12-13(7-11(10)16)22-5-4-21-12/h2-3,6-7H,4-5,8-9H2,1H3. The van der Waals surface area contributed by atoms with E-state index in [9.17, 15) is 4.21 Å². The normalized spacial score (nSPS) is 14.3. The first kappa shape index (κ1) is 16.0. The van der Waals surface area contributed by atoms with Gasteiger partial charge in [-0.2, -0.15) is 4.98 Å². The van der Waals surface area contributed by atoms with E-state index < -0.39 is 10.8 Å². The Morgan fingerprint density at radius 2 is 2.00 bits per heavy atom. The first-order valence-corrected chi connectivity index (χ1v) is 8.81. The second-order valence-corrected chi connectivity index (χ2v) is 6.70. The summed E-state index contributed by atoms with van der Waals surface area (Å²) in [4.78, 5) is 8.26. The van der Waals surface area contributed by atoms with Gasteiger partial charge in [0, 0.05) is 34.2 Å². The van der Waals surface area contributed by atoms with Crippen molar-refractivity contribution in [1.82, 2.24) is 9.97 Å². The summed E-state index contributed by atoms with van der Waals surface area (Å²) in [7, 11) is 0.321. The number of halogens is 1. The van der Waals surface area contributed by atoms with Crippen LogP contribution >= 0.6 is 11.6 Å². The van der Waals surface area contributed by atoms with Crippen molar-refractivity contribution in [1.29, 1.82) is 0 Å². The lowest BCUT2D eigenvalue weighted by Crippen LogP contribution is -2.15. The molecule has 23 heavy (non-hydrogen) atoms. The predicted octanol–water partition coefficient (Wildman–Crippen LogP) is 2.36. The summed E-state index contributed by atoms with van der Waals surface area (Å²) in [6, 6.07) is 5.12. The summed E-state index contributed by atoms with van der Waals surface area (Å²) in [5, 5.41) is 0.508. The van der Waals surface area contributed by atoms with Crippen LogP contribution in [-0.2, 0) is 22.3 Å². The van der Waals surface area contributed by atoms with E-state index in [1.807, 2.05) is 0 Å². The summed E-state index contributed by atoms with van der Waals surface area (Å²) in [5.41, 5.74) is 0.747. The van der Waals surface area contributed by atoms with Crippen molar-refractivity contribution in [2.24, 2.45) is 0 Å². The van der Waals surface area contributed by atoms with Gasteiger partial charge < -0.3 is 14.2 Å². The topological polar surface area (TPSA) is 70.5 Å². The van der Waals surface area contributed by atoms with E-state index in [1.54, 1.807) is 24.4 Å². The zero-order valence-electron chi connectivity index (χ0n) is 12.5. The largest absolute Gasteiger partial charge is 0.486 e. The van der Waals surface area contributed by atoms with Crippen molar-refractivity contribution in [2.75, 3.05) is 20.3 Å². The van der Waals surface area contributed by atoms with Crippen molar-refractivity contribution in [3.63, 3.8) is 0 Å². The van der Waals surface area contributed by atoms with Gasteiger partial charge in [-0.15, -0.1) is 0 Å². The average Bonchev–Trinajstić information content (AvgIpc) is 2.55. The third kappa shape index (κ3) is 3.92. The third-order valence-corrected chi connectivity index (χ3v) is 4.77. The SMILES string of the molecule is COc1ccnc(CS(=O)Cc2cc3c(cc2Cl)OCCO3)n1. The summed E-state index contributed by atoms with van der Waals surface area (Å²) in [5.74, 6) is 2.68. The van der Waals surface area contributed by atoms with Gasteiger partial charge in [0.25, 0.3) is 0 Å². The monoisotopic (exact) mass is 354 g/mol. The molecule has 3 rings (SSSR count). The van der Waals surface area contributed by atoms with E-state index in [0.717, 1.165) is 5.56 Å². The van der Waals surface area contributed by atoms with Gasteiger partial charge in [-0.25, -0.2) is 4.98 Å². The molecule has 2 heterocycles. The smallest absolute Gasteiger partial charge is 0.216 e. The van der Waals surface area contributed by atoms with E-state index >= 15 is 0 Å². The Hall–Kier alpha value is -1.86. The van der Waals surface area contributed by atoms with Crippen LogP contribution in [0.4, 0.5) is 0 Å². The Kier molecular flexibility index (Phi) is 4.97. The van der Waals surface area contributed by atoms with Crippen molar-refractivity contribution in [3.8, 4) is 17.4 Å². The van der Waals surface area contributed by atoms with E-state index in [0.29, 0.717) is 41.4 Å². The molecule has 0 saturated carbocycles. The number of hydrogen-bond acceptors (Lipinski definition) is 6. The molecule has 1 aliphatic rings. The van der Waals surface area contributed by atoms with E-state index in [1.165, 1.54) is 7.11 Å². The molecule has 0 aliphatic carbocycles. The van der Waals surface area contributed by atoms with Gasteiger partial charge in [0.1, 0.15) is 19.0 Å². The maximum atomic E-state index is 12.4. The molecule has 0 fully saturated rings. The van der Waals surface area contributed by atoms with Gasteiger partial charge in [-0.3, -0.25) is 4.21 Å². The lowest BCUT2D eigenvalue weighted by molar-refractivity contribution is 0.171. The van der Waals surface area contributed by atoms with Gasteiger partial charge in [0.05, 0.1) is 18.6 Å². The maximum absolute atomic E-state index is 12.4. The van der Waals surface area contributed by atoms with Crippen LogP contribution in [0.5, 0.6) is 17.4 Å². The average molecular weight is 355 g/mol. The van der Waals surface area contributed by atoms with E-state index in [4.69, 9.17) is 25.8 Å². The fourth-order valence-corrected chi connectivity index (χ4v) is 3.56. The number of nitrogens with zero attached hydrogens (tertiary/aromatic N) is 2. The first-order valence-electron chi connectivity index (χ1n) is 6.94. The van der Waals surface area contributed by atoms with Crippen LogP contribution in [0.3, 0.4) is 0 Å². The number of fused-ring (bicyclic) bond motifs is 1. The van der Waals surface area contributed by atoms with Crippen molar-refractivity contribution in [2.45, 2.75) is 11.5 Å². The minimum atomic E-state index is -1.20. The molecule has 1 aromatic heterocycles. The lowest BCUT2D eigenvalue weighted by atomic mass is 10.2. The van der Waals surface area contributed by atoms with Gasteiger partial charge >= 0.3 is 0 Å². The van der Waals surface area contributed by atoms with Crippen LogP contribution in [0, 0.1) is 0 Å². The molecule has 1 aromatic carbocycles. The van der Waals surface area contributed by atoms with E-state index in [-0.39, 0.29) is 11.5 Å². The zero-order valence-corrected chi connectivity index (χ0v) is 14.0. The van der Waals surface area contributed by atoms with Crippen LogP contribution < -0.4 is 14.2 Å². The number of ether oxygens (including phenoxy) is 3. The minimum absolute atomic E-state index is 0.224. The molecule has 0 spiro atoms. The highest BCUT2D eigenvalue weighted by Crippen LogP contribution is 2.35. The minimum Gasteiger partial charge on any atom is -0.486 e. The molecular weight excluding hydrogens is 340 g/mol. The Labute approximate surface area is 141 Å². The molecule has 0 amide bonds. The Bertz CT molecular complexity index is 741. The van der Waals surface area contributed by atoms with Crippen molar-refractivity contribution in [3.05, 3.63) is 40.8 Å². The number of methoxy groups -OCH3 is 1. The molecular formula is C15H15ClN2O4S. The van der Waals surface area contributed by atoms with Crippen LogP contribution in [0.25, 0.3) is 0 Å². The Morgan fingerprint density at radius 1 is 1.26 bits per heavy atom. The number of rotatable bonds is 5. The summed E-state index contributed by atoms with van der Waals surface area (Å²) >= 11 is 6.23. The predicted molar refractivity (Wildman–Crippen MR) is 86.6 cm³/mol. The molecule has 0 saturated heterocycles. The highest BCUT2D eigenvalue weighted by atomic mass is 35.5. The van der Waals surface area contributed by atoms with Crippen LogP contribution in [0.2, 0.25) is 5.02 Å². The van der Waals surface area contributed by atoms with Crippen LogP contribution in [0.15, 0.2) is 24.4 Å². The summed E-state index contributed by atoms with van der Waals surface area (Å²) in [6.07, 6.45) is 1.58. The fraction of sp³-hybridized carbons (Fsp3) is 0.333. The van der Waals surface area contributed by atoms with Gasteiger partial charge in [0.15, 0.2) is 11.5 Å². The van der Waals surface area contributed by atoms with Gasteiger partial charge in [-0.05, 0) is 11.6 Å². The highest BCUT2D eigenvalue weighted by Gasteiger charge is 2.17. The molecule has 0 N–H and O–H groups in total. The molecule has 6 nitrogen and oxygen atoms in total. The van der Waals surface area contributed by atoms with Crippen molar-refractivity contribution < 1.29 is 18.4 Å². The molecule has 2 aromatic rings. The lowest BCUT2D eigenvalue weighted by Gasteiger charge is -2.19. The highest BCUT2D eigenvalue weighted by molar-refractivity contribution is 7.83. The van der Waals surface area contributed by atoms with Crippen LogP contribution in [0.1, 0.15) is 11.4 Å².